The fourth-order valence-electron chi connectivity index (χ4n) is 2.03. The Morgan fingerprint density at radius 1 is 1.28 bits per heavy atom. The molecule has 0 amide bonds. The molecule has 0 saturated heterocycles. The minimum atomic E-state index is -3.10. The van der Waals surface area contributed by atoms with Crippen LogP contribution in [0.25, 0.3) is 0 Å². The number of sulfonamides is 1. The summed E-state index contributed by atoms with van der Waals surface area (Å²) in [5.74, 6) is 0.230. The van der Waals surface area contributed by atoms with E-state index >= 15 is 0 Å². The molecule has 108 valence electrons. The second-order valence-corrected chi connectivity index (χ2v) is 7.50. The topological polar surface area (TPSA) is 49.4 Å². The highest BCUT2D eigenvalue weighted by Gasteiger charge is 2.26. The molecule has 1 rings (SSSR count). The summed E-state index contributed by atoms with van der Waals surface area (Å²) in [6, 6.07) is 0.639. The number of nitrogens with one attached hydrogen (secondary N) is 1. The van der Waals surface area contributed by atoms with Crippen molar-refractivity contribution in [1.82, 2.24) is 9.62 Å². The first kappa shape index (κ1) is 15.9. The fraction of sp³-hybridized carbons (Fsp3) is 1.00. The number of unbranched alkanes of at least 4 members (excludes halogenated alkanes) is 2. The van der Waals surface area contributed by atoms with Gasteiger partial charge < -0.3 is 5.32 Å². The van der Waals surface area contributed by atoms with Crippen molar-refractivity contribution in [2.45, 2.75) is 65.0 Å². The first-order valence-electron chi connectivity index (χ1n) is 7.20. The van der Waals surface area contributed by atoms with Crippen molar-refractivity contribution in [3.05, 3.63) is 0 Å². The van der Waals surface area contributed by atoms with Gasteiger partial charge >= 0.3 is 0 Å². The molecule has 0 atom stereocenters. The van der Waals surface area contributed by atoms with Crippen molar-refractivity contribution in [2.24, 2.45) is 0 Å². The molecule has 1 saturated carbocycles. The Morgan fingerprint density at radius 2 is 1.94 bits per heavy atom. The quantitative estimate of drug-likeness (QED) is 0.621. The van der Waals surface area contributed by atoms with Gasteiger partial charge in [-0.15, -0.1) is 0 Å². The highest BCUT2D eigenvalue weighted by atomic mass is 32.2. The van der Waals surface area contributed by atoms with E-state index in [0.717, 1.165) is 19.3 Å². The summed E-state index contributed by atoms with van der Waals surface area (Å²) in [6.07, 6.45) is 5.58. The molecule has 4 nitrogen and oxygen atoms in total. The molecule has 1 aliphatic carbocycles. The van der Waals surface area contributed by atoms with Crippen LogP contribution in [0.4, 0.5) is 0 Å². The van der Waals surface area contributed by atoms with Crippen molar-refractivity contribution in [3.8, 4) is 0 Å². The van der Waals surface area contributed by atoms with E-state index in [-0.39, 0.29) is 11.8 Å². The van der Waals surface area contributed by atoms with Crippen molar-refractivity contribution >= 4 is 10.0 Å². The van der Waals surface area contributed by atoms with Crippen molar-refractivity contribution < 1.29 is 8.42 Å². The summed E-state index contributed by atoms with van der Waals surface area (Å²) >= 11 is 0. The second kappa shape index (κ2) is 7.46. The molecule has 0 aliphatic heterocycles. The van der Waals surface area contributed by atoms with Crippen LogP contribution in [-0.4, -0.2) is 43.6 Å². The fourth-order valence-corrected chi connectivity index (χ4v) is 3.69. The van der Waals surface area contributed by atoms with E-state index in [1.807, 2.05) is 13.8 Å². The second-order valence-electron chi connectivity index (χ2n) is 5.46. The minimum Gasteiger partial charge on any atom is -0.313 e. The summed E-state index contributed by atoms with van der Waals surface area (Å²) in [6.45, 7) is 7.30. The zero-order valence-electron chi connectivity index (χ0n) is 12.0. The van der Waals surface area contributed by atoms with Gasteiger partial charge in [0.25, 0.3) is 0 Å². The molecule has 0 aromatic heterocycles. The molecule has 1 aliphatic rings. The number of hydrogen-bond acceptors (Lipinski definition) is 3. The zero-order valence-corrected chi connectivity index (χ0v) is 12.8. The highest BCUT2D eigenvalue weighted by molar-refractivity contribution is 7.89. The van der Waals surface area contributed by atoms with E-state index in [2.05, 4.69) is 12.2 Å². The van der Waals surface area contributed by atoms with E-state index < -0.39 is 10.0 Å². The molecular formula is C13H28N2O2S. The lowest BCUT2D eigenvalue weighted by atomic mass is 10.2. The van der Waals surface area contributed by atoms with Gasteiger partial charge in [0.1, 0.15) is 0 Å². The number of hydrogen-bond donors (Lipinski definition) is 1. The van der Waals surface area contributed by atoms with Crippen LogP contribution in [0.3, 0.4) is 0 Å². The molecule has 0 heterocycles. The Bertz CT molecular complexity index is 324. The highest BCUT2D eigenvalue weighted by Crippen LogP contribution is 2.18. The molecule has 0 unspecified atom stereocenters. The van der Waals surface area contributed by atoms with Crippen LogP contribution < -0.4 is 5.32 Å². The van der Waals surface area contributed by atoms with Gasteiger partial charge in [0.2, 0.25) is 10.0 Å². The molecule has 0 radical (unpaired) electrons. The molecule has 0 bridgehead atoms. The Labute approximate surface area is 112 Å². The van der Waals surface area contributed by atoms with Crippen LogP contribution in [0.2, 0.25) is 0 Å². The van der Waals surface area contributed by atoms with Gasteiger partial charge in [0, 0.05) is 25.2 Å². The lowest BCUT2D eigenvalue weighted by molar-refractivity contribution is 0.345. The molecule has 0 aromatic carbocycles. The molecule has 0 aromatic rings. The molecule has 0 spiro atoms. The van der Waals surface area contributed by atoms with Crippen molar-refractivity contribution in [1.29, 1.82) is 0 Å². The van der Waals surface area contributed by atoms with Gasteiger partial charge in [-0.25, -0.2) is 8.42 Å². The van der Waals surface area contributed by atoms with Crippen LogP contribution >= 0.6 is 0 Å². The third-order valence-corrected chi connectivity index (χ3v) is 5.32. The number of rotatable bonds is 10. The van der Waals surface area contributed by atoms with Crippen molar-refractivity contribution in [2.75, 3.05) is 18.8 Å². The van der Waals surface area contributed by atoms with Gasteiger partial charge in [0.05, 0.1) is 5.75 Å². The molecule has 1 N–H and O–H groups in total. The van der Waals surface area contributed by atoms with Crippen LogP contribution in [0, 0.1) is 0 Å². The van der Waals surface area contributed by atoms with Crippen LogP contribution in [0.1, 0.15) is 52.9 Å². The predicted octanol–water partition coefficient (Wildman–Crippen LogP) is 1.97. The van der Waals surface area contributed by atoms with E-state index in [9.17, 15) is 8.42 Å². The van der Waals surface area contributed by atoms with E-state index in [1.165, 1.54) is 12.8 Å². The largest absolute Gasteiger partial charge is 0.313 e. The predicted molar refractivity (Wildman–Crippen MR) is 76.2 cm³/mol. The maximum absolute atomic E-state index is 12.3. The Hall–Kier alpha value is -0.130. The maximum atomic E-state index is 12.3. The first-order chi connectivity index (χ1) is 8.47. The average molecular weight is 276 g/mol. The minimum absolute atomic E-state index is 0.0628. The SMILES string of the molecule is CCCCCN(C(C)C)S(=O)(=O)CCNC1CC1. The van der Waals surface area contributed by atoms with Crippen molar-refractivity contribution in [3.63, 3.8) is 0 Å². The van der Waals surface area contributed by atoms with Gasteiger partial charge in [-0.1, -0.05) is 19.8 Å². The van der Waals surface area contributed by atoms with Gasteiger partial charge in [-0.2, -0.15) is 4.31 Å². The smallest absolute Gasteiger partial charge is 0.215 e. The first-order valence-corrected chi connectivity index (χ1v) is 8.81. The van der Waals surface area contributed by atoms with Gasteiger partial charge in [0.15, 0.2) is 0 Å². The third kappa shape index (κ3) is 5.67. The third-order valence-electron chi connectivity index (χ3n) is 3.29. The van der Waals surface area contributed by atoms with Gasteiger partial charge in [-0.05, 0) is 33.1 Å². The molecule has 5 heteroatoms. The Kier molecular flexibility index (Phi) is 6.60. The van der Waals surface area contributed by atoms with Crippen LogP contribution in [-0.2, 0) is 10.0 Å². The Morgan fingerprint density at radius 3 is 2.44 bits per heavy atom. The monoisotopic (exact) mass is 276 g/mol. The normalized spacial score (nSPS) is 16.7. The number of nitrogens with zero attached hydrogens (tertiary/aromatic N) is 1. The summed E-state index contributed by atoms with van der Waals surface area (Å²) < 4.78 is 26.2. The Balaban J connectivity index is 2.41. The van der Waals surface area contributed by atoms with E-state index in [4.69, 9.17) is 0 Å². The summed E-state index contributed by atoms with van der Waals surface area (Å²) in [7, 11) is -3.10. The maximum Gasteiger partial charge on any atom is 0.215 e. The molecule has 1 fully saturated rings. The zero-order chi connectivity index (χ0) is 13.6. The standard InChI is InChI=1S/C13H28N2O2S/c1-4-5-6-10-15(12(2)3)18(16,17)11-9-14-13-7-8-13/h12-14H,4-11H2,1-3H3. The molecule has 18 heavy (non-hydrogen) atoms. The average Bonchev–Trinajstić information content (AvgIpc) is 3.07. The van der Waals surface area contributed by atoms with E-state index in [1.54, 1.807) is 4.31 Å². The van der Waals surface area contributed by atoms with Gasteiger partial charge in [-0.3, -0.25) is 0 Å². The van der Waals surface area contributed by atoms with E-state index in [0.29, 0.717) is 19.1 Å². The summed E-state index contributed by atoms with van der Waals surface area (Å²) in [5.41, 5.74) is 0. The molecular weight excluding hydrogens is 248 g/mol. The van der Waals surface area contributed by atoms with Crippen LogP contribution in [0.15, 0.2) is 0 Å². The van der Waals surface area contributed by atoms with Crippen LogP contribution in [0.5, 0.6) is 0 Å². The lowest BCUT2D eigenvalue weighted by Gasteiger charge is -2.26. The lowest BCUT2D eigenvalue weighted by Crippen LogP contribution is -2.41. The summed E-state index contributed by atoms with van der Waals surface area (Å²) in [4.78, 5) is 0. The summed E-state index contributed by atoms with van der Waals surface area (Å²) in [5, 5.41) is 3.27.